The van der Waals surface area contributed by atoms with Crippen LogP contribution >= 0.6 is 0 Å². The minimum absolute atomic E-state index is 0.0538. The number of aromatic nitrogens is 2. The number of rotatable bonds is 3. The van der Waals surface area contributed by atoms with E-state index in [0.29, 0.717) is 41.4 Å². The van der Waals surface area contributed by atoms with Crippen molar-refractivity contribution >= 4 is 22.9 Å². The molecular weight excluding hydrogens is 332 g/mol. The van der Waals surface area contributed by atoms with Gasteiger partial charge in [0, 0.05) is 38.8 Å². The molecule has 1 saturated carbocycles. The molecule has 3 heterocycles. The first-order valence-electron chi connectivity index (χ1n) is 9.23. The van der Waals surface area contributed by atoms with Gasteiger partial charge in [-0.1, -0.05) is 5.16 Å². The molecule has 7 heteroatoms. The van der Waals surface area contributed by atoms with Crippen LogP contribution in [0.5, 0.6) is 0 Å². The Bertz CT molecular complexity index is 869. The second-order valence-corrected chi connectivity index (χ2v) is 7.64. The van der Waals surface area contributed by atoms with E-state index in [1.165, 1.54) is 0 Å². The van der Waals surface area contributed by atoms with Gasteiger partial charge in [-0.3, -0.25) is 9.59 Å². The SMILES string of the molecule is Cc1noc2nc(C3CC3)cc(C(=O)N3CCCC(C(=O)N(C)C)C3)c12. The van der Waals surface area contributed by atoms with Gasteiger partial charge in [-0.25, -0.2) is 4.98 Å². The third-order valence-electron chi connectivity index (χ3n) is 5.36. The molecule has 1 saturated heterocycles. The predicted octanol–water partition coefficient (Wildman–Crippen LogP) is 2.35. The van der Waals surface area contributed by atoms with Crippen molar-refractivity contribution in [3.8, 4) is 0 Å². The zero-order valence-corrected chi connectivity index (χ0v) is 15.5. The van der Waals surface area contributed by atoms with E-state index in [1.54, 1.807) is 23.9 Å². The quantitative estimate of drug-likeness (QED) is 0.843. The molecule has 1 aliphatic carbocycles. The molecule has 1 atom stereocenters. The van der Waals surface area contributed by atoms with E-state index in [4.69, 9.17) is 4.52 Å². The maximum Gasteiger partial charge on any atom is 0.259 e. The van der Waals surface area contributed by atoms with Gasteiger partial charge in [0.1, 0.15) is 0 Å². The van der Waals surface area contributed by atoms with Crippen LogP contribution in [0.1, 0.15) is 53.3 Å². The van der Waals surface area contributed by atoms with Crippen molar-refractivity contribution < 1.29 is 14.1 Å². The summed E-state index contributed by atoms with van der Waals surface area (Å²) in [7, 11) is 3.52. The molecular formula is C19H24N4O3. The van der Waals surface area contributed by atoms with Crippen LogP contribution < -0.4 is 0 Å². The molecule has 1 aliphatic heterocycles. The lowest BCUT2D eigenvalue weighted by Crippen LogP contribution is -2.45. The van der Waals surface area contributed by atoms with Gasteiger partial charge in [-0.05, 0) is 38.7 Å². The van der Waals surface area contributed by atoms with Crippen LogP contribution in [0.3, 0.4) is 0 Å². The van der Waals surface area contributed by atoms with Gasteiger partial charge in [-0.15, -0.1) is 0 Å². The minimum Gasteiger partial charge on any atom is -0.349 e. The number of likely N-dealkylation sites (tertiary alicyclic amines) is 1. The standard InChI is InChI=1S/C19H24N4O3/c1-11-16-14(9-15(12-6-7-12)20-17(16)26-21-11)19(25)23-8-4-5-13(10-23)18(24)22(2)3/h9,12-13H,4-8,10H2,1-3H3. The van der Waals surface area contributed by atoms with E-state index in [-0.39, 0.29) is 17.7 Å². The van der Waals surface area contributed by atoms with Crippen LogP contribution in [0.15, 0.2) is 10.6 Å². The number of carbonyl (C=O) groups excluding carboxylic acids is 2. The number of pyridine rings is 1. The largest absolute Gasteiger partial charge is 0.349 e. The third-order valence-corrected chi connectivity index (χ3v) is 5.36. The van der Waals surface area contributed by atoms with E-state index in [0.717, 1.165) is 31.4 Å². The lowest BCUT2D eigenvalue weighted by Gasteiger charge is -2.33. The number of fused-ring (bicyclic) bond motifs is 1. The van der Waals surface area contributed by atoms with Gasteiger partial charge in [-0.2, -0.15) is 0 Å². The molecule has 2 aromatic rings. The number of piperidine rings is 1. The maximum absolute atomic E-state index is 13.3. The van der Waals surface area contributed by atoms with Crippen LogP contribution in [0, 0.1) is 12.8 Å². The fourth-order valence-corrected chi connectivity index (χ4v) is 3.77. The van der Waals surface area contributed by atoms with Crippen LogP contribution in [-0.4, -0.2) is 58.9 Å². The number of amides is 2. The van der Waals surface area contributed by atoms with Crippen LogP contribution in [0.2, 0.25) is 0 Å². The molecule has 2 aliphatic rings. The van der Waals surface area contributed by atoms with Crippen LogP contribution in [-0.2, 0) is 4.79 Å². The molecule has 0 aromatic carbocycles. The fourth-order valence-electron chi connectivity index (χ4n) is 3.77. The Labute approximate surface area is 152 Å². The minimum atomic E-state index is -0.133. The fraction of sp³-hybridized carbons (Fsp3) is 0.579. The summed E-state index contributed by atoms with van der Waals surface area (Å²) in [4.78, 5) is 33.6. The Morgan fingerprint density at radius 3 is 2.73 bits per heavy atom. The first-order chi connectivity index (χ1) is 12.5. The predicted molar refractivity (Wildman–Crippen MR) is 95.8 cm³/mol. The molecule has 0 spiro atoms. The van der Waals surface area contributed by atoms with Crippen molar-refractivity contribution in [3.63, 3.8) is 0 Å². The molecule has 7 nitrogen and oxygen atoms in total. The van der Waals surface area contributed by atoms with E-state index in [1.807, 2.05) is 13.0 Å². The number of nitrogens with zero attached hydrogens (tertiary/aromatic N) is 4. The number of hydrogen-bond donors (Lipinski definition) is 0. The Kier molecular flexibility index (Phi) is 4.17. The molecule has 2 fully saturated rings. The number of aryl methyl sites for hydroxylation is 1. The van der Waals surface area contributed by atoms with Crippen LogP contribution in [0.4, 0.5) is 0 Å². The molecule has 0 bridgehead atoms. The highest BCUT2D eigenvalue weighted by Gasteiger charge is 2.33. The Morgan fingerprint density at radius 2 is 2.04 bits per heavy atom. The molecule has 138 valence electrons. The van der Waals surface area contributed by atoms with Crippen molar-refractivity contribution in [2.75, 3.05) is 27.2 Å². The molecule has 4 rings (SSSR count). The Morgan fingerprint density at radius 1 is 1.27 bits per heavy atom. The molecule has 26 heavy (non-hydrogen) atoms. The second kappa shape index (κ2) is 6.37. The van der Waals surface area contributed by atoms with Crippen LogP contribution in [0.25, 0.3) is 11.1 Å². The summed E-state index contributed by atoms with van der Waals surface area (Å²) >= 11 is 0. The zero-order chi connectivity index (χ0) is 18.4. The van der Waals surface area contributed by atoms with Gasteiger partial charge in [0.05, 0.1) is 22.6 Å². The summed E-state index contributed by atoms with van der Waals surface area (Å²) in [6.45, 7) is 2.96. The highest BCUT2D eigenvalue weighted by atomic mass is 16.5. The first-order valence-corrected chi connectivity index (χ1v) is 9.23. The van der Waals surface area contributed by atoms with Gasteiger partial charge in [0.25, 0.3) is 11.6 Å². The van der Waals surface area contributed by atoms with Gasteiger partial charge in [0.2, 0.25) is 5.91 Å². The average Bonchev–Trinajstić information content (AvgIpc) is 3.43. The van der Waals surface area contributed by atoms with Crippen molar-refractivity contribution in [3.05, 3.63) is 23.0 Å². The average molecular weight is 356 g/mol. The highest BCUT2D eigenvalue weighted by molar-refractivity contribution is 6.06. The Balaban J connectivity index is 1.67. The summed E-state index contributed by atoms with van der Waals surface area (Å²) in [6, 6.07) is 1.91. The first kappa shape index (κ1) is 17.0. The molecule has 0 N–H and O–H groups in total. The maximum atomic E-state index is 13.3. The summed E-state index contributed by atoms with van der Waals surface area (Å²) in [5, 5.41) is 4.70. The summed E-state index contributed by atoms with van der Waals surface area (Å²) < 4.78 is 5.34. The molecule has 1 unspecified atom stereocenters. The summed E-state index contributed by atoms with van der Waals surface area (Å²) in [6.07, 6.45) is 3.86. The molecule has 2 amide bonds. The van der Waals surface area contributed by atoms with E-state index < -0.39 is 0 Å². The number of carbonyl (C=O) groups is 2. The zero-order valence-electron chi connectivity index (χ0n) is 15.5. The molecule has 2 aromatic heterocycles. The molecule has 0 radical (unpaired) electrons. The summed E-state index contributed by atoms with van der Waals surface area (Å²) in [5.74, 6) is 0.316. The van der Waals surface area contributed by atoms with Crippen molar-refractivity contribution in [2.24, 2.45) is 5.92 Å². The topological polar surface area (TPSA) is 79.5 Å². The second-order valence-electron chi connectivity index (χ2n) is 7.64. The van der Waals surface area contributed by atoms with E-state index >= 15 is 0 Å². The lowest BCUT2D eigenvalue weighted by atomic mass is 9.95. The van der Waals surface area contributed by atoms with E-state index in [2.05, 4.69) is 10.1 Å². The van der Waals surface area contributed by atoms with Gasteiger partial charge in [0.15, 0.2) is 0 Å². The van der Waals surface area contributed by atoms with Crippen molar-refractivity contribution in [1.29, 1.82) is 0 Å². The monoisotopic (exact) mass is 356 g/mol. The van der Waals surface area contributed by atoms with E-state index in [9.17, 15) is 9.59 Å². The third kappa shape index (κ3) is 2.95. The van der Waals surface area contributed by atoms with Crippen molar-refractivity contribution in [2.45, 2.75) is 38.5 Å². The lowest BCUT2D eigenvalue weighted by molar-refractivity contribution is -0.134. The highest BCUT2D eigenvalue weighted by Crippen LogP contribution is 2.40. The van der Waals surface area contributed by atoms with Crippen molar-refractivity contribution in [1.82, 2.24) is 19.9 Å². The normalized spacial score (nSPS) is 20.4. The Hall–Kier alpha value is -2.44. The van der Waals surface area contributed by atoms with Gasteiger partial charge < -0.3 is 14.3 Å². The smallest absolute Gasteiger partial charge is 0.259 e. The summed E-state index contributed by atoms with van der Waals surface area (Å²) in [5.41, 5.74) is 2.63. The van der Waals surface area contributed by atoms with Gasteiger partial charge >= 0.3 is 0 Å². The number of hydrogen-bond acceptors (Lipinski definition) is 5.